The molecule has 1 aliphatic rings. The molecule has 0 saturated carbocycles. The van der Waals surface area contributed by atoms with Crippen LogP contribution in [0.4, 0.5) is 0 Å². The van der Waals surface area contributed by atoms with Crippen molar-refractivity contribution in [3.8, 4) is 0 Å². The predicted octanol–water partition coefficient (Wildman–Crippen LogP) is 2.25. The summed E-state index contributed by atoms with van der Waals surface area (Å²) in [5.41, 5.74) is 0. The van der Waals surface area contributed by atoms with E-state index in [9.17, 15) is 8.42 Å². The topological polar surface area (TPSA) is 58.2 Å². The predicted molar refractivity (Wildman–Crippen MR) is 86.3 cm³/mol. The zero-order chi connectivity index (χ0) is 13.9. The second-order valence-electron chi connectivity index (χ2n) is 4.76. The fourth-order valence-corrected chi connectivity index (χ4v) is 4.81. The third-order valence-electron chi connectivity index (χ3n) is 3.43. The number of thioether (sulfide) groups is 1. The van der Waals surface area contributed by atoms with Gasteiger partial charge in [-0.1, -0.05) is 12.1 Å². The largest absolute Gasteiger partial charge is 0.313 e. The molecule has 2 unspecified atom stereocenters. The number of sulfonamides is 1. The molecule has 114 valence electrons. The molecule has 20 heavy (non-hydrogen) atoms. The minimum atomic E-state index is -3.45. The Labute approximate surface area is 131 Å². The van der Waals surface area contributed by atoms with E-state index in [1.165, 1.54) is 11.8 Å². The Kier molecular flexibility index (Phi) is 6.81. The van der Waals surface area contributed by atoms with Crippen molar-refractivity contribution < 1.29 is 8.42 Å². The summed E-state index contributed by atoms with van der Waals surface area (Å²) >= 11 is 1.45. The van der Waals surface area contributed by atoms with E-state index in [-0.39, 0.29) is 24.5 Å². The minimum Gasteiger partial charge on any atom is -0.313 e. The maximum Gasteiger partial charge on any atom is 0.241 e. The number of rotatable bonds is 4. The lowest BCUT2D eigenvalue weighted by atomic mass is 10.0. The quantitative estimate of drug-likeness (QED) is 0.828. The maximum atomic E-state index is 12.5. The molecular formula is C13H21ClN2O2S2. The van der Waals surface area contributed by atoms with Gasteiger partial charge in [-0.25, -0.2) is 13.1 Å². The Balaban J connectivity index is 0.00000200. The molecule has 2 atom stereocenters. The molecule has 0 aromatic heterocycles. The first-order valence-corrected chi connectivity index (χ1v) is 9.14. The smallest absolute Gasteiger partial charge is 0.241 e. The fourth-order valence-electron chi connectivity index (χ4n) is 2.31. The van der Waals surface area contributed by atoms with E-state index in [0.29, 0.717) is 4.90 Å². The van der Waals surface area contributed by atoms with Crippen LogP contribution in [0.3, 0.4) is 0 Å². The Morgan fingerprint density at radius 2 is 2.05 bits per heavy atom. The van der Waals surface area contributed by atoms with Crippen LogP contribution in [0, 0.1) is 0 Å². The number of piperidine rings is 1. The third kappa shape index (κ3) is 4.11. The van der Waals surface area contributed by atoms with Crippen molar-refractivity contribution >= 4 is 34.2 Å². The highest BCUT2D eigenvalue weighted by molar-refractivity contribution is 7.99. The summed E-state index contributed by atoms with van der Waals surface area (Å²) in [7, 11) is -3.45. The van der Waals surface area contributed by atoms with Crippen LogP contribution in [0.5, 0.6) is 0 Å². The van der Waals surface area contributed by atoms with E-state index in [1.807, 2.05) is 25.3 Å². The van der Waals surface area contributed by atoms with Gasteiger partial charge in [-0.05, 0) is 44.7 Å². The molecule has 0 radical (unpaired) electrons. The number of hydrogen-bond donors (Lipinski definition) is 2. The van der Waals surface area contributed by atoms with Crippen molar-refractivity contribution in [2.24, 2.45) is 0 Å². The summed E-state index contributed by atoms with van der Waals surface area (Å²) in [6, 6.07) is 7.25. The molecular weight excluding hydrogens is 316 g/mol. The van der Waals surface area contributed by atoms with Crippen LogP contribution in [-0.4, -0.2) is 33.3 Å². The van der Waals surface area contributed by atoms with E-state index in [4.69, 9.17) is 0 Å². The van der Waals surface area contributed by atoms with Gasteiger partial charge in [0.25, 0.3) is 0 Å². The van der Waals surface area contributed by atoms with Crippen molar-refractivity contribution in [2.75, 3.05) is 12.8 Å². The molecule has 1 saturated heterocycles. The molecule has 1 aromatic rings. The van der Waals surface area contributed by atoms with Crippen molar-refractivity contribution in [3.05, 3.63) is 24.3 Å². The number of benzene rings is 1. The van der Waals surface area contributed by atoms with E-state index < -0.39 is 10.0 Å². The van der Waals surface area contributed by atoms with E-state index in [0.717, 1.165) is 24.3 Å². The van der Waals surface area contributed by atoms with Crippen LogP contribution in [0.25, 0.3) is 0 Å². The highest BCUT2D eigenvalue weighted by Crippen LogP contribution is 2.25. The normalized spacial score (nSPS) is 23.1. The molecule has 1 heterocycles. The first kappa shape index (κ1) is 17.8. The summed E-state index contributed by atoms with van der Waals surface area (Å²) in [5.74, 6) is 0. The third-order valence-corrected chi connectivity index (χ3v) is 5.90. The number of nitrogens with one attached hydrogen (secondary N) is 2. The van der Waals surface area contributed by atoms with E-state index >= 15 is 0 Å². The summed E-state index contributed by atoms with van der Waals surface area (Å²) in [5, 5.41) is 3.30. The zero-order valence-corrected chi connectivity index (χ0v) is 14.1. The van der Waals surface area contributed by atoms with Crippen molar-refractivity contribution in [1.29, 1.82) is 0 Å². The lowest BCUT2D eigenvalue weighted by Crippen LogP contribution is -2.51. The average molecular weight is 337 g/mol. The van der Waals surface area contributed by atoms with Gasteiger partial charge < -0.3 is 5.32 Å². The maximum absolute atomic E-state index is 12.5. The molecule has 1 fully saturated rings. The summed E-state index contributed by atoms with van der Waals surface area (Å²) in [6.45, 7) is 2.98. The molecule has 2 N–H and O–H groups in total. The van der Waals surface area contributed by atoms with Gasteiger partial charge in [-0.2, -0.15) is 0 Å². The molecule has 0 amide bonds. The van der Waals surface area contributed by atoms with E-state index in [1.54, 1.807) is 12.1 Å². The highest BCUT2D eigenvalue weighted by Gasteiger charge is 2.27. The van der Waals surface area contributed by atoms with Gasteiger partial charge >= 0.3 is 0 Å². The number of hydrogen-bond acceptors (Lipinski definition) is 4. The van der Waals surface area contributed by atoms with Gasteiger partial charge in [-0.3, -0.25) is 0 Å². The van der Waals surface area contributed by atoms with Gasteiger partial charge in [0.15, 0.2) is 0 Å². The lowest BCUT2D eigenvalue weighted by Gasteiger charge is -2.30. The van der Waals surface area contributed by atoms with Gasteiger partial charge in [-0.15, -0.1) is 24.2 Å². The first-order chi connectivity index (χ1) is 9.04. The summed E-state index contributed by atoms with van der Waals surface area (Å²) in [4.78, 5) is 1.16. The van der Waals surface area contributed by atoms with Gasteiger partial charge in [0.05, 0.1) is 4.90 Å². The minimum absolute atomic E-state index is 0. The van der Waals surface area contributed by atoms with Gasteiger partial charge in [0, 0.05) is 17.0 Å². The van der Waals surface area contributed by atoms with Crippen LogP contribution < -0.4 is 10.0 Å². The van der Waals surface area contributed by atoms with Crippen LogP contribution in [-0.2, 0) is 10.0 Å². The summed E-state index contributed by atoms with van der Waals surface area (Å²) in [6.07, 6.45) is 3.77. The second-order valence-corrected chi connectivity index (χ2v) is 7.29. The van der Waals surface area contributed by atoms with E-state index in [2.05, 4.69) is 10.0 Å². The van der Waals surface area contributed by atoms with Crippen LogP contribution >= 0.6 is 24.2 Å². The molecule has 7 heteroatoms. The lowest BCUT2D eigenvalue weighted by molar-refractivity contribution is 0.348. The molecule has 1 aliphatic heterocycles. The average Bonchev–Trinajstić information content (AvgIpc) is 2.41. The first-order valence-electron chi connectivity index (χ1n) is 6.43. The SMILES string of the molecule is CSc1ccccc1S(=O)(=O)NC1CCCNC1C.Cl. The second kappa shape index (κ2) is 7.66. The monoisotopic (exact) mass is 336 g/mol. The van der Waals surface area contributed by atoms with Crippen molar-refractivity contribution in [2.45, 2.75) is 41.6 Å². The molecule has 4 nitrogen and oxygen atoms in total. The molecule has 0 bridgehead atoms. The Morgan fingerprint density at radius 1 is 1.35 bits per heavy atom. The van der Waals surface area contributed by atoms with Crippen LogP contribution in [0.2, 0.25) is 0 Å². The van der Waals surface area contributed by atoms with Gasteiger partial charge in [0.1, 0.15) is 0 Å². The van der Waals surface area contributed by atoms with Crippen LogP contribution in [0.15, 0.2) is 34.1 Å². The molecule has 0 spiro atoms. The van der Waals surface area contributed by atoms with Crippen molar-refractivity contribution in [1.82, 2.24) is 10.0 Å². The van der Waals surface area contributed by atoms with Crippen molar-refractivity contribution in [3.63, 3.8) is 0 Å². The Morgan fingerprint density at radius 3 is 2.70 bits per heavy atom. The number of halogens is 1. The van der Waals surface area contributed by atoms with Crippen LogP contribution in [0.1, 0.15) is 19.8 Å². The summed E-state index contributed by atoms with van der Waals surface area (Å²) < 4.78 is 27.8. The molecule has 1 aromatic carbocycles. The Bertz CT molecular complexity index is 537. The molecule has 0 aliphatic carbocycles. The van der Waals surface area contributed by atoms with Gasteiger partial charge in [0.2, 0.25) is 10.0 Å². The Hall–Kier alpha value is -0.270. The molecule has 2 rings (SSSR count). The highest BCUT2D eigenvalue weighted by atomic mass is 35.5. The zero-order valence-electron chi connectivity index (χ0n) is 11.6. The standard InChI is InChI=1S/C13H20N2O2S2.ClH/c1-10-11(6-5-9-14-10)15-19(16,17)13-8-4-3-7-12(13)18-2;/h3-4,7-8,10-11,14-15H,5-6,9H2,1-2H3;1H. The fraction of sp³-hybridized carbons (Fsp3) is 0.538.